The minimum Gasteiger partial charge on any atom is -0.357 e. The van der Waals surface area contributed by atoms with E-state index in [2.05, 4.69) is 45.9 Å². The molecule has 1 aliphatic heterocycles. The highest BCUT2D eigenvalue weighted by Gasteiger charge is 2.30. The van der Waals surface area contributed by atoms with Crippen LogP contribution >= 0.6 is 35.7 Å². The summed E-state index contributed by atoms with van der Waals surface area (Å²) in [7, 11) is 0. The number of thioether (sulfide) groups is 1. The number of amides is 1. The van der Waals surface area contributed by atoms with Gasteiger partial charge in [0.2, 0.25) is 5.91 Å². The Morgan fingerprint density at radius 3 is 2.61 bits per heavy atom. The first-order valence-electron chi connectivity index (χ1n) is 11.5. The van der Waals surface area contributed by atoms with Gasteiger partial charge in [0.15, 0.2) is 5.96 Å². The maximum atomic E-state index is 12.8. The van der Waals surface area contributed by atoms with Gasteiger partial charge in [0.05, 0.1) is 0 Å². The molecule has 1 aromatic rings. The van der Waals surface area contributed by atoms with Crippen molar-refractivity contribution in [3.63, 3.8) is 0 Å². The van der Waals surface area contributed by atoms with Crippen LogP contribution in [0.15, 0.2) is 17.4 Å². The van der Waals surface area contributed by atoms with Crippen molar-refractivity contribution >= 4 is 47.6 Å². The Balaban J connectivity index is 0.00000341. The minimum atomic E-state index is 0. The second-order valence-electron chi connectivity index (χ2n) is 8.72. The van der Waals surface area contributed by atoms with Crippen LogP contribution in [0.1, 0.15) is 52.3 Å². The molecule has 0 atom stereocenters. The van der Waals surface area contributed by atoms with Gasteiger partial charge >= 0.3 is 0 Å². The Morgan fingerprint density at radius 1 is 1.26 bits per heavy atom. The molecule has 1 saturated heterocycles. The quantitative estimate of drug-likeness (QED) is 0.303. The number of nitrogens with zero attached hydrogens (tertiary/aromatic N) is 4. The zero-order valence-electron chi connectivity index (χ0n) is 19.2. The summed E-state index contributed by atoms with van der Waals surface area (Å²) < 4.78 is 2.19. The van der Waals surface area contributed by atoms with Crippen molar-refractivity contribution < 1.29 is 4.79 Å². The van der Waals surface area contributed by atoms with E-state index in [1.165, 1.54) is 0 Å². The molecule has 2 fully saturated rings. The number of guanidine groups is 1. The maximum absolute atomic E-state index is 12.8. The summed E-state index contributed by atoms with van der Waals surface area (Å²) in [6, 6.07) is 0.374. The second kappa shape index (κ2) is 13.5. The molecule has 0 bridgehead atoms. The predicted molar refractivity (Wildman–Crippen MR) is 140 cm³/mol. The molecule has 176 valence electrons. The Morgan fingerprint density at radius 2 is 1.97 bits per heavy atom. The highest BCUT2D eigenvalue weighted by atomic mass is 127. The lowest BCUT2D eigenvalue weighted by atomic mass is 9.85. The first-order chi connectivity index (χ1) is 14.6. The summed E-state index contributed by atoms with van der Waals surface area (Å²) in [5, 5.41) is 6.95. The Labute approximate surface area is 208 Å². The molecular weight excluding hydrogens is 523 g/mol. The molecule has 31 heavy (non-hydrogen) atoms. The molecular formula is C22H39IN6OS. The van der Waals surface area contributed by atoms with E-state index in [-0.39, 0.29) is 29.9 Å². The number of carbonyl (C=O) groups is 1. The van der Waals surface area contributed by atoms with Crippen LogP contribution in [0.4, 0.5) is 0 Å². The van der Waals surface area contributed by atoms with Crippen molar-refractivity contribution in [1.29, 1.82) is 0 Å². The fourth-order valence-electron chi connectivity index (χ4n) is 4.24. The number of rotatable bonds is 7. The van der Waals surface area contributed by atoms with Crippen LogP contribution in [0.25, 0.3) is 0 Å². The van der Waals surface area contributed by atoms with E-state index < -0.39 is 0 Å². The lowest BCUT2D eigenvalue weighted by Gasteiger charge is -2.34. The van der Waals surface area contributed by atoms with Crippen LogP contribution < -0.4 is 10.6 Å². The van der Waals surface area contributed by atoms with E-state index in [1.54, 1.807) is 0 Å². The molecule has 7 nitrogen and oxygen atoms in total. The van der Waals surface area contributed by atoms with Gasteiger partial charge in [-0.15, -0.1) is 24.0 Å². The number of imidazole rings is 1. The summed E-state index contributed by atoms with van der Waals surface area (Å²) >= 11 is 1.95. The first-order valence-corrected chi connectivity index (χ1v) is 12.6. The van der Waals surface area contributed by atoms with Crippen LogP contribution in [0, 0.1) is 11.8 Å². The molecule has 2 N–H and O–H groups in total. The smallest absolute Gasteiger partial charge is 0.225 e. The largest absolute Gasteiger partial charge is 0.357 e. The van der Waals surface area contributed by atoms with Gasteiger partial charge in [-0.05, 0) is 38.5 Å². The molecule has 2 heterocycles. The molecule has 3 rings (SSSR count). The van der Waals surface area contributed by atoms with E-state index >= 15 is 0 Å². The summed E-state index contributed by atoms with van der Waals surface area (Å²) in [6.45, 7) is 10.7. The van der Waals surface area contributed by atoms with Crippen molar-refractivity contribution in [2.24, 2.45) is 16.8 Å². The van der Waals surface area contributed by atoms with Crippen LogP contribution in [0.5, 0.6) is 0 Å². The van der Waals surface area contributed by atoms with Gasteiger partial charge in [-0.25, -0.2) is 9.98 Å². The van der Waals surface area contributed by atoms with Crippen LogP contribution in [0.3, 0.4) is 0 Å². The fraction of sp³-hybridized carbons (Fsp3) is 0.773. The standard InChI is InChI=1S/C22H38N6OS.HI/c1-4-23-22(25-15-20-24-9-10-28(20)16-17(2)3)26-19-7-5-18(6-8-19)21(29)27-11-13-30-14-12-27;/h9-10,17-19H,4-8,11-16H2,1-3H3,(H2,23,25,26);1H. The van der Waals surface area contributed by atoms with Gasteiger partial charge in [-0.3, -0.25) is 4.79 Å². The van der Waals surface area contributed by atoms with Crippen molar-refractivity contribution in [2.75, 3.05) is 31.1 Å². The van der Waals surface area contributed by atoms with Gasteiger partial charge in [-0.2, -0.15) is 11.8 Å². The number of hydrogen-bond acceptors (Lipinski definition) is 4. The Hall–Kier alpha value is -0.970. The van der Waals surface area contributed by atoms with Gasteiger partial charge < -0.3 is 20.1 Å². The molecule has 1 aromatic heterocycles. The maximum Gasteiger partial charge on any atom is 0.225 e. The van der Waals surface area contributed by atoms with E-state index in [0.717, 1.165) is 75.2 Å². The molecule has 1 aliphatic carbocycles. The second-order valence-corrected chi connectivity index (χ2v) is 9.94. The molecule has 1 saturated carbocycles. The van der Waals surface area contributed by atoms with Crippen molar-refractivity contribution in [3.8, 4) is 0 Å². The molecule has 0 spiro atoms. The van der Waals surface area contributed by atoms with Crippen molar-refractivity contribution in [2.45, 2.75) is 65.6 Å². The van der Waals surface area contributed by atoms with E-state index in [9.17, 15) is 4.79 Å². The molecule has 9 heteroatoms. The lowest BCUT2D eigenvalue weighted by molar-refractivity contribution is -0.136. The Bertz CT molecular complexity index is 696. The van der Waals surface area contributed by atoms with E-state index in [0.29, 0.717) is 24.4 Å². The first kappa shape index (κ1) is 26.3. The van der Waals surface area contributed by atoms with Gasteiger partial charge in [0.1, 0.15) is 12.4 Å². The van der Waals surface area contributed by atoms with Gasteiger partial charge in [-0.1, -0.05) is 13.8 Å². The van der Waals surface area contributed by atoms with Gasteiger partial charge in [0, 0.05) is 62.0 Å². The number of carbonyl (C=O) groups excluding carboxylic acids is 1. The third-order valence-electron chi connectivity index (χ3n) is 5.83. The lowest BCUT2D eigenvalue weighted by Crippen LogP contribution is -2.47. The monoisotopic (exact) mass is 562 g/mol. The van der Waals surface area contributed by atoms with Gasteiger partial charge in [0.25, 0.3) is 0 Å². The zero-order valence-corrected chi connectivity index (χ0v) is 22.3. The molecule has 0 radical (unpaired) electrons. The molecule has 0 aromatic carbocycles. The average molecular weight is 563 g/mol. The predicted octanol–water partition coefficient (Wildman–Crippen LogP) is 3.35. The zero-order chi connectivity index (χ0) is 21.3. The van der Waals surface area contributed by atoms with Crippen LogP contribution in [0.2, 0.25) is 0 Å². The molecule has 2 aliphatic rings. The highest BCUT2D eigenvalue weighted by Crippen LogP contribution is 2.27. The Kier molecular flexibility index (Phi) is 11.5. The summed E-state index contributed by atoms with van der Waals surface area (Å²) in [5.74, 6) is 5.17. The third-order valence-corrected chi connectivity index (χ3v) is 6.77. The third kappa shape index (κ3) is 8.14. The SMILES string of the molecule is CCNC(=NCc1nccn1CC(C)C)NC1CCC(C(=O)N2CCSCC2)CC1.I. The molecule has 1 amide bonds. The normalized spacial score (nSPS) is 22.2. The van der Waals surface area contributed by atoms with Crippen LogP contribution in [-0.4, -0.2) is 63.5 Å². The van der Waals surface area contributed by atoms with Crippen molar-refractivity contribution in [1.82, 2.24) is 25.1 Å². The van der Waals surface area contributed by atoms with E-state index in [1.807, 2.05) is 24.2 Å². The molecule has 0 unspecified atom stereocenters. The van der Waals surface area contributed by atoms with Crippen LogP contribution in [-0.2, 0) is 17.9 Å². The highest BCUT2D eigenvalue weighted by molar-refractivity contribution is 14.0. The number of aromatic nitrogens is 2. The number of aliphatic imine (C=N–C) groups is 1. The summed E-state index contributed by atoms with van der Waals surface area (Å²) in [6.07, 6.45) is 7.87. The van der Waals surface area contributed by atoms with E-state index in [4.69, 9.17) is 4.99 Å². The summed E-state index contributed by atoms with van der Waals surface area (Å²) in [5.41, 5.74) is 0. The van der Waals surface area contributed by atoms with Crippen molar-refractivity contribution in [3.05, 3.63) is 18.2 Å². The number of hydrogen-bond donors (Lipinski definition) is 2. The fourth-order valence-corrected chi connectivity index (χ4v) is 5.14. The summed E-state index contributed by atoms with van der Waals surface area (Å²) in [4.78, 5) is 24.1. The number of nitrogens with one attached hydrogen (secondary N) is 2. The topological polar surface area (TPSA) is 74.5 Å². The average Bonchev–Trinajstić information content (AvgIpc) is 3.19. The number of halogens is 1. The minimum absolute atomic E-state index is 0.